The fourth-order valence-corrected chi connectivity index (χ4v) is 10.1. The number of amides is 11. The molecule has 20 N–H and O–H groups in total. The van der Waals surface area contributed by atoms with Crippen LogP contribution in [0.1, 0.15) is 56.1 Å². The molecule has 2 fully saturated rings. The van der Waals surface area contributed by atoms with Crippen LogP contribution in [0.3, 0.4) is 0 Å². The van der Waals surface area contributed by atoms with E-state index >= 15 is 0 Å². The highest BCUT2D eigenvalue weighted by molar-refractivity contribution is 8.76. The molecule has 2 aliphatic heterocycles. The van der Waals surface area contributed by atoms with Crippen LogP contribution in [-0.2, 0) is 65.6 Å². The second kappa shape index (κ2) is 29.9. The van der Waals surface area contributed by atoms with Gasteiger partial charge in [-0.15, -0.1) is 0 Å². The fraction of sp³-hybridized carbons (Fsp3) is 0.478. The van der Waals surface area contributed by atoms with E-state index in [0.717, 1.165) is 21.6 Å². The number of likely N-dealkylation sites (tertiary alicyclic amines) is 1. The Hall–Kier alpha value is -7.66. The molecule has 2 aromatic carbocycles. The van der Waals surface area contributed by atoms with Crippen molar-refractivity contribution in [2.75, 3.05) is 31.1 Å². The number of hydrogen-bond donors (Lipinski definition) is 14. The van der Waals surface area contributed by atoms with Gasteiger partial charge >= 0.3 is 0 Å². The molecule has 29 heteroatoms. The molecule has 0 aliphatic carbocycles. The second-order valence-electron chi connectivity index (χ2n) is 17.6. The first kappa shape index (κ1) is 59.9. The molecule has 27 nitrogen and oxygen atoms in total. The van der Waals surface area contributed by atoms with Gasteiger partial charge in [-0.05, 0) is 55.4 Å². The Morgan fingerprint density at radius 1 is 0.707 bits per heavy atom. The highest BCUT2D eigenvalue weighted by Gasteiger charge is 2.40. The molecule has 2 heterocycles. The van der Waals surface area contributed by atoms with Crippen LogP contribution >= 0.6 is 21.6 Å². The highest BCUT2D eigenvalue weighted by Crippen LogP contribution is 2.26. The Morgan fingerprint density at radius 2 is 1.28 bits per heavy atom. The molecular weight excluding hydrogens is 1020 g/mol. The van der Waals surface area contributed by atoms with Crippen molar-refractivity contribution in [3.63, 3.8) is 0 Å². The molecule has 8 atom stereocenters. The summed E-state index contributed by atoms with van der Waals surface area (Å²) in [5.41, 5.74) is 34.4. The van der Waals surface area contributed by atoms with E-state index in [2.05, 4.69) is 42.2 Å². The van der Waals surface area contributed by atoms with Crippen LogP contribution in [0.25, 0.3) is 0 Å². The van der Waals surface area contributed by atoms with Crippen molar-refractivity contribution in [3.05, 3.63) is 65.7 Å². The lowest BCUT2D eigenvalue weighted by atomic mass is 10.0. The molecule has 0 bridgehead atoms. The third-order valence-electron chi connectivity index (χ3n) is 11.6. The predicted octanol–water partition coefficient (Wildman–Crippen LogP) is -5.40. The first-order valence-corrected chi connectivity index (χ1v) is 26.2. The SMILES string of the molecule is NC(=O)CC[C@@H]1NC(=O)[C@H](Cc2ccccc2)NC(=O)C(Cc2ccc(O)cc2)NC(=O)[C@@H](N)CSSC[C@@H](C(=O)N2CCC[C@H]2C(=O)N[C@@H](CCCN=C(N)N)C(=O)NCC(N)=O)NC(=O)C(CC(N)=O)NC1=O. The van der Waals surface area contributed by atoms with Gasteiger partial charge in [0.15, 0.2) is 5.96 Å². The summed E-state index contributed by atoms with van der Waals surface area (Å²) in [4.78, 5) is 153. The molecule has 408 valence electrons. The van der Waals surface area contributed by atoms with Crippen molar-refractivity contribution in [1.82, 2.24) is 42.1 Å². The van der Waals surface area contributed by atoms with Gasteiger partial charge in [0.25, 0.3) is 0 Å². The third-order valence-corrected chi connectivity index (χ3v) is 14.1. The molecule has 2 aliphatic rings. The number of guanidine groups is 1. The molecule has 2 saturated heterocycles. The van der Waals surface area contributed by atoms with Crippen LogP contribution in [0.2, 0.25) is 0 Å². The zero-order chi connectivity index (χ0) is 55.2. The summed E-state index contributed by atoms with van der Waals surface area (Å²) in [6, 6.07) is 2.80. The van der Waals surface area contributed by atoms with E-state index in [1.54, 1.807) is 30.3 Å². The van der Waals surface area contributed by atoms with Crippen LogP contribution < -0.4 is 71.6 Å². The maximum Gasteiger partial charge on any atom is 0.246 e. The topological polar surface area (TPSA) is 464 Å². The number of nitrogens with zero attached hydrogens (tertiary/aromatic N) is 2. The molecule has 4 rings (SSSR count). The lowest BCUT2D eigenvalue weighted by molar-refractivity contribution is -0.142. The summed E-state index contributed by atoms with van der Waals surface area (Å²) < 4.78 is 0. The number of rotatable bonds is 19. The average molecular weight is 1080 g/mol. The summed E-state index contributed by atoms with van der Waals surface area (Å²) in [5, 5.41) is 27.6. The Morgan fingerprint density at radius 3 is 1.89 bits per heavy atom. The monoisotopic (exact) mass is 1080 g/mol. The summed E-state index contributed by atoms with van der Waals surface area (Å²) in [6.07, 6.45) is -1.38. The van der Waals surface area contributed by atoms with Crippen LogP contribution in [0, 0.1) is 0 Å². The Kier molecular flexibility index (Phi) is 23.9. The molecule has 11 amide bonds. The van der Waals surface area contributed by atoms with Gasteiger partial charge in [0.1, 0.15) is 48.0 Å². The van der Waals surface area contributed by atoms with Crippen LogP contribution in [0.5, 0.6) is 5.75 Å². The van der Waals surface area contributed by atoms with Crippen LogP contribution in [-0.4, -0.2) is 160 Å². The quantitative estimate of drug-likeness (QED) is 0.0270. The number of carbonyl (C=O) groups is 11. The number of carbonyl (C=O) groups excluding carboxylic acids is 11. The molecule has 0 saturated carbocycles. The number of phenols is 1. The van der Waals surface area contributed by atoms with Crippen LogP contribution in [0.4, 0.5) is 0 Å². The van der Waals surface area contributed by atoms with Gasteiger partial charge in [-0.3, -0.25) is 57.7 Å². The minimum Gasteiger partial charge on any atom is -0.508 e. The zero-order valence-corrected chi connectivity index (χ0v) is 42.5. The molecule has 0 aromatic heterocycles. The van der Waals surface area contributed by atoms with Gasteiger partial charge in [-0.25, -0.2) is 0 Å². The zero-order valence-electron chi connectivity index (χ0n) is 40.8. The van der Waals surface area contributed by atoms with Crippen molar-refractivity contribution >= 4 is 92.5 Å². The van der Waals surface area contributed by atoms with Crippen molar-refractivity contribution in [2.45, 2.75) is 106 Å². The van der Waals surface area contributed by atoms with Gasteiger partial charge < -0.3 is 81.6 Å². The maximum atomic E-state index is 14.6. The number of aliphatic imine (C=N–C) groups is 1. The summed E-state index contributed by atoms with van der Waals surface area (Å²) in [5.74, 6) is -10.5. The second-order valence-corrected chi connectivity index (χ2v) is 20.2. The predicted molar refractivity (Wildman–Crippen MR) is 276 cm³/mol. The van der Waals surface area contributed by atoms with Gasteiger partial charge in [-0.1, -0.05) is 64.1 Å². The lowest BCUT2D eigenvalue weighted by Crippen LogP contribution is -2.61. The molecule has 75 heavy (non-hydrogen) atoms. The van der Waals surface area contributed by atoms with Crippen molar-refractivity contribution < 1.29 is 57.8 Å². The van der Waals surface area contributed by atoms with Crippen LogP contribution in [0.15, 0.2) is 59.6 Å². The Balaban J connectivity index is 1.71. The number of hydrogen-bond acceptors (Lipinski definition) is 16. The summed E-state index contributed by atoms with van der Waals surface area (Å²) in [6.45, 7) is -0.443. The van der Waals surface area contributed by atoms with E-state index in [0.29, 0.717) is 17.5 Å². The first-order valence-electron chi connectivity index (χ1n) is 23.7. The summed E-state index contributed by atoms with van der Waals surface area (Å²) >= 11 is 0. The number of phenolic OH excluding ortho intramolecular Hbond substituents is 1. The molecule has 2 unspecified atom stereocenters. The van der Waals surface area contributed by atoms with E-state index in [-0.39, 0.29) is 68.4 Å². The number of aromatic hydroxyl groups is 1. The molecule has 2 aromatic rings. The third kappa shape index (κ3) is 20.3. The highest BCUT2D eigenvalue weighted by atomic mass is 33.1. The molecular formula is C46H65N15O12S2. The average Bonchev–Trinajstić information content (AvgIpc) is 3.86. The largest absolute Gasteiger partial charge is 0.508 e. The minimum atomic E-state index is -1.80. The van der Waals surface area contributed by atoms with Crippen molar-refractivity contribution in [2.24, 2.45) is 39.4 Å². The van der Waals surface area contributed by atoms with Crippen molar-refractivity contribution in [1.29, 1.82) is 0 Å². The van der Waals surface area contributed by atoms with Crippen molar-refractivity contribution in [3.8, 4) is 5.75 Å². The molecule has 0 radical (unpaired) electrons. The van der Waals surface area contributed by atoms with E-state index in [9.17, 15) is 57.8 Å². The van der Waals surface area contributed by atoms with Gasteiger partial charge in [0.05, 0.1) is 19.0 Å². The number of nitrogens with one attached hydrogen (secondary N) is 7. The normalized spacial score (nSPS) is 22.6. The van der Waals surface area contributed by atoms with E-state index < -0.39 is 139 Å². The summed E-state index contributed by atoms with van der Waals surface area (Å²) in [7, 11) is 1.99. The maximum absolute atomic E-state index is 14.6. The van der Waals surface area contributed by atoms with Gasteiger partial charge in [-0.2, -0.15) is 0 Å². The number of nitrogens with two attached hydrogens (primary N) is 6. The standard InChI is InChI=1S/C46H65N15O12S2/c47-27-22-74-75-23-33(45(73)61-17-5-9-34(61)44(72)56-28(8-4-16-53-46(51)52)39(67)54-21-37(50)65)60-43(71)32(20-36(49)64)59-40(68)29(14-15-35(48)63)55-41(69)31(18-24-6-2-1-3-7-24)58-42(70)30(57-38(27)66)19-25-10-12-26(62)13-11-25/h1-3,6-7,10-13,27-34,62H,4-5,8-9,14-23,47H2,(H2,48,63)(H2,49,64)(H2,50,65)(H,54,67)(H,55,69)(H,56,72)(H,57,66)(H,58,70)(H,59,68)(H,60,71)(H4,51,52,53)/t27-,28-,29-,30?,31-,32?,33-,34-/m0/s1. The Labute approximate surface area is 439 Å². The van der Waals surface area contributed by atoms with E-state index in [4.69, 9.17) is 34.4 Å². The van der Waals surface area contributed by atoms with Gasteiger partial charge in [0.2, 0.25) is 65.0 Å². The number of primary amides is 3. The Bertz CT molecular complexity index is 2420. The van der Waals surface area contributed by atoms with E-state index in [1.165, 1.54) is 29.2 Å². The first-order chi connectivity index (χ1) is 35.6. The van der Waals surface area contributed by atoms with E-state index in [1.807, 2.05) is 0 Å². The number of benzene rings is 2. The molecule has 0 spiro atoms. The smallest absolute Gasteiger partial charge is 0.246 e. The lowest BCUT2D eigenvalue weighted by Gasteiger charge is -2.31. The van der Waals surface area contributed by atoms with Gasteiger partial charge in [0, 0.05) is 43.9 Å². The minimum absolute atomic E-state index is 0.00106. The fourth-order valence-electron chi connectivity index (χ4n) is 7.80.